The quantitative estimate of drug-likeness (QED) is 0.515. The molecule has 0 saturated heterocycles. The second-order valence-electron chi connectivity index (χ2n) is 6.41. The van der Waals surface area contributed by atoms with E-state index in [1.54, 1.807) is 5.01 Å². The largest absolute Gasteiger partial charge is 0.493 e. The number of nitrogens with two attached hydrogens (primary N) is 1. The van der Waals surface area contributed by atoms with Crippen molar-refractivity contribution in [3.8, 4) is 17.2 Å². The van der Waals surface area contributed by atoms with Crippen LogP contribution in [0.15, 0.2) is 72.8 Å². The molecule has 3 rings (SSSR count). The number of hydrogen-bond donors (Lipinski definition) is 2. The molecule has 160 valence electrons. The first kappa shape index (κ1) is 21.5. The molecule has 3 aromatic rings. The molecule has 3 N–H and O–H groups in total. The first-order chi connectivity index (χ1) is 15.0. The van der Waals surface area contributed by atoms with Crippen molar-refractivity contribution in [3.05, 3.63) is 78.4 Å². The van der Waals surface area contributed by atoms with Crippen LogP contribution in [0.1, 0.15) is 10.4 Å². The molecule has 0 fully saturated rings. The van der Waals surface area contributed by atoms with Crippen molar-refractivity contribution in [2.75, 3.05) is 25.8 Å². The predicted molar refractivity (Wildman–Crippen MR) is 117 cm³/mol. The molecule has 0 atom stereocenters. The highest BCUT2D eigenvalue weighted by Crippen LogP contribution is 2.38. The molecule has 0 aromatic heterocycles. The number of hydrazine groups is 1. The number of anilines is 2. The molecule has 0 bridgehead atoms. The van der Waals surface area contributed by atoms with E-state index < -0.39 is 11.8 Å². The maximum absolute atomic E-state index is 13.1. The molecule has 2 amide bonds. The van der Waals surface area contributed by atoms with Gasteiger partial charge in [0.05, 0.1) is 25.6 Å². The molecular weight excluding hydrogens is 398 g/mol. The monoisotopic (exact) mass is 421 g/mol. The Balaban J connectivity index is 1.94. The summed E-state index contributed by atoms with van der Waals surface area (Å²) in [5, 5.41) is 1.68. The number of methoxy groups -OCH3 is 2. The SMILES string of the molecule is COc1cc(C(=O)NN(c2ccccc2)c2ccccc2)cc(OC)c1OCC(N)=O. The Bertz CT molecular complexity index is 977. The Labute approximate surface area is 180 Å². The number of carbonyl (C=O) groups excluding carboxylic acids is 2. The second kappa shape index (κ2) is 10.0. The molecule has 0 spiro atoms. The molecule has 0 aliphatic rings. The van der Waals surface area contributed by atoms with Crippen molar-refractivity contribution < 1.29 is 23.8 Å². The van der Waals surface area contributed by atoms with Gasteiger partial charge in [0.25, 0.3) is 11.8 Å². The van der Waals surface area contributed by atoms with Crippen LogP contribution < -0.4 is 30.4 Å². The normalized spacial score (nSPS) is 10.1. The lowest BCUT2D eigenvalue weighted by Gasteiger charge is -2.26. The summed E-state index contributed by atoms with van der Waals surface area (Å²) in [6.45, 7) is -0.353. The zero-order valence-corrected chi connectivity index (χ0v) is 17.2. The summed E-state index contributed by atoms with van der Waals surface area (Å²) in [6.07, 6.45) is 0. The van der Waals surface area contributed by atoms with E-state index in [4.69, 9.17) is 19.9 Å². The van der Waals surface area contributed by atoms with Crippen LogP contribution in [0.25, 0.3) is 0 Å². The number of ether oxygens (including phenoxy) is 3. The van der Waals surface area contributed by atoms with Crippen LogP contribution in [0.5, 0.6) is 17.2 Å². The number of rotatable bonds is 9. The molecule has 0 saturated carbocycles. The lowest BCUT2D eigenvalue weighted by atomic mass is 10.1. The minimum atomic E-state index is -0.646. The molecule has 3 aromatic carbocycles. The highest BCUT2D eigenvalue weighted by atomic mass is 16.5. The minimum absolute atomic E-state index is 0.184. The first-order valence-electron chi connectivity index (χ1n) is 9.41. The van der Waals surface area contributed by atoms with E-state index in [1.165, 1.54) is 26.4 Å². The summed E-state index contributed by atoms with van der Waals surface area (Å²) < 4.78 is 16.1. The molecule has 0 aliphatic carbocycles. The number of nitrogens with zero attached hydrogens (tertiary/aromatic N) is 1. The van der Waals surface area contributed by atoms with Gasteiger partial charge in [-0.1, -0.05) is 36.4 Å². The molecular formula is C23H23N3O5. The molecule has 0 radical (unpaired) electrons. The zero-order chi connectivity index (χ0) is 22.2. The van der Waals surface area contributed by atoms with Crippen LogP contribution in [-0.4, -0.2) is 32.6 Å². The molecule has 8 nitrogen and oxygen atoms in total. The number of nitrogens with one attached hydrogen (secondary N) is 1. The summed E-state index contributed by atoms with van der Waals surface area (Å²) in [6, 6.07) is 21.9. The van der Waals surface area contributed by atoms with Gasteiger partial charge in [-0.05, 0) is 36.4 Å². The minimum Gasteiger partial charge on any atom is -0.493 e. The van der Waals surface area contributed by atoms with Crippen molar-refractivity contribution in [1.29, 1.82) is 0 Å². The number of carbonyl (C=O) groups is 2. The Kier molecular flexibility index (Phi) is 6.95. The average molecular weight is 421 g/mol. The predicted octanol–water partition coefficient (Wildman–Crippen LogP) is 3.05. The van der Waals surface area contributed by atoms with Gasteiger partial charge < -0.3 is 19.9 Å². The standard InChI is InChI=1S/C23H23N3O5/c1-29-19-13-16(14-20(30-2)22(19)31-15-21(24)27)23(28)25-26(17-9-5-3-6-10-17)18-11-7-4-8-12-18/h3-14H,15H2,1-2H3,(H2,24,27)(H,25,28). The Morgan fingerprint density at radius 3 is 1.77 bits per heavy atom. The van der Waals surface area contributed by atoms with Crippen molar-refractivity contribution >= 4 is 23.2 Å². The average Bonchev–Trinajstić information content (AvgIpc) is 2.81. The number of para-hydroxylation sites is 2. The van der Waals surface area contributed by atoms with Crippen LogP contribution in [0.2, 0.25) is 0 Å². The number of benzene rings is 3. The van der Waals surface area contributed by atoms with Crippen molar-refractivity contribution in [3.63, 3.8) is 0 Å². The van der Waals surface area contributed by atoms with Gasteiger partial charge >= 0.3 is 0 Å². The Morgan fingerprint density at radius 2 is 1.35 bits per heavy atom. The van der Waals surface area contributed by atoms with Crippen LogP contribution in [0.4, 0.5) is 11.4 Å². The van der Waals surface area contributed by atoms with Crippen LogP contribution in [0, 0.1) is 0 Å². The molecule has 0 unspecified atom stereocenters. The van der Waals surface area contributed by atoms with Gasteiger partial charge in [0, 0.05) is 5.56 Å². The highest BCUT2D eigenvalue weighted by molar-refractivity contribution is 5.97. The fraction of sp³-hybridized carbons (Fsp3) is 0.130. The second-order valence-corrected chi connectivity index (χ2v) is 6.41. The van der Waals surface area contributed by atoms with E-state index in [0.717, 1.165) is 11.4 Å². The van der Waals surface area contributed by atoms with Crippen molar-refractivity contribution in [2.24, 2.45) is 5.73 Å². The van der Waals surface area contributed by atoms with E-state index in [1.807, 2.05) is 60.7 Å². The van der Waals surface area contributed by atoms with Crippen LogP contribution in [0.3, 0.4) is 0 Å². The van der Waals surface area contributed by atoms with E-state index in [2.05, 4.69) is 5.43 Å². The summed E-state index contributed by atoms with van der Waals surface area (Å²) in [5.41, 5.74) is 9.89. The zero-order valence-electron chi connectivity index (χ0n) is 17.2. The first-order valence-corrected chi connectivity index (χ1v) is 9.41. The topological polar surface area (TPSA) is 103 Å². The van der Waals surface area contributed by atoms with E-state index >= 15 is 0 Å². The summed E-state index contributed by atoms with van der Waals surface area (Å²) in [5.74, 6) is -0.394. The number of hydrogen-bond acceptors (Lipinski definition) is 6. The third-order valence-corrected chi connectivity index (χ3v) is 4.32. The number of primary amides is 1. The van der Waals surface area contributed by atoms with Crippen molar-refractivity contribution in [1.82, 2.24) is 5.43 Å². The smallest absolute Gasteiger partial charge is 0.270 e. The van der Waals surface area contributed by atoms with E-state index in [9.17, 15) is 9.59 Å². The highest BCUT2D eigenvalue weighted by Gasteiger charge is 2.20. The van der Waals surface area contributed by atoms with Gasteiger partial charge in [-0.25, -0.2) is 0 Å². The van der Waals surface area contributed by atoms with Crippen molar-refractivity contribution in [2.45, 2.75) is 0 Å². The van der Waals surface area contributed by atoms with Gasteiger partial charge in [0.2, 0.25) is 5.75 Å². The third-order valence-electron chi connectivity index (χ3n) is 4.32. The van der Waals surface area contributed by atoms with E-state index in [0.29, 0.717) is 0 Å². The van der Waals surface area contributed by atoms with Gasteiger partial charge in [0.1, 0.15) is 0 Å². The van der Waals surface area contributed by atoms with Crippen LogP contribution in [-0.2, 0) is 4.79 Å². The van der Waals surface area contributed by atoms with Gasteiger partial charge in [0.15, 0.2) is 18.1 Å². The molecule has 31 heavy (non-hydrogen) atoms. The van der Waals surface area contributed by atoms with E-state index in [-0.39, 0.29) is 29.4 Å². The summed E-state index contributed by atoms with van der Waals surface area (Å²) in [4.78, 5) is 24.2. The molecule has 8 heteroatoms. The van der Waals surface area contributed by atoms with Crippen LogP contribution >= 0.6 is 0 Å². The Morgan fingerprint density at radius 1 is 0.871 bits per heavy atom. The van der Waals surface area contributed by atoms with Gasteiger partial charge in [-0.15, -0.1) is 0 Å². The molecule has 0 heterocycles. The third kappa shape index (κ3) is 5.24. The summed E-state index contributed by atoms with van der Waals surface area (Å²) in [7, 11) is 2.85. The fourth-order valence-corrected chi connectivity index (χ4v) is 2.89. The summed E-state index contributed by atoms with van der Waals surface area (Å²) >= 11 is 0. The van der Waals surface area contributed by atoms with Gasteiger partial charge in [-0.3, -0.25) is 20.0 Å². The fourth-order valence-electron chi connectivity index (χ4n) is 2.89. The Hall–Kier alpha value is -4.20. The lowest BCUT2D eigenvalue weighted by molar-refractivity contribution is -0.120. The van der Waals surface area contributed by atoms with Gasteiger partial charge in [-0.2, -0.15) is 0 Å². The number of amides is 2. The maximum atomic E-state index is 13.1. The lowest BCUT2D eigenvalue weighted by Crippen LogP contribution is -2.39. The maximum Gasteiger partial charge on any atom is 0.270 e. The molecule has 0 aliphatic heterocycles.